The highest BCUT2D eigenvalue weighted by Crippen LogP contribution is 2.53. The third kappa shape index (κ3) is 6.44. The van der Waals surface area contributed by atoms with Gasteiger partial charge in [-0.1, -0.05) is 133 Å². The molecule has 1 saturated heterocycles. The molecule has 4 aromatic rings. The zero-order valence-corrected chi connectivity index (χ0v) is 27.8. The summed E-state index contributed by atoms with van der Waals surface area (Å²) in [5, 5.41) is 0. The first-order valence-electron chi connectivity index (χ1n) is 15.9. The van der Waals surface area contributed by atoms with Crippen molar-refractivity contribution in [1.29, 1.82) is 0 Å². The van der Waals surface area contributed by atoms with E-state index in [1.807, 2.05) is 135 Å². The van der Waals surface area contributed by atoms with E-state index in [4.69, 9.17) is 18.9 Å². The number of hydrogen-bond acceptors (Lipinski definition) is 6. The predicted octanol–water partition coefficient (Wildman–Crippen LogP) is 8.41. The Kier molecular flexibility index (Phi) is 9.94. The van der Waals surface area contributed by atoms with Crippen molar-refractivity contribution < 1.29 is 28.5 Å². The van der Waals surface area contributed by atoms with Crippen LogP contribution >= 0.6 is 0 Å². The molecule has 1 heterocycles. The summed E-state index contributed by atoms with van der Waals surface area (Å²) in [6, 6.07) is 38.2. The topological polar surface area (TPSA) is 71.1 Å². The van der Waals surface area contributed by atoms with E-state index in [2.05, 4.69) is 0 Å². The standard InChI is InChI=1S/C41H42O6/c1-7-29(3)37(42)46-40(31-21-13-9-14-22-31,32-23-15-10-16-24-32)35-36(45-39(5,6)44-35)41(33-25-17-11-18-26-33,34-27-19-12-20-28-34)47-38(43)30(4)8-2/h7-28,35-36H,1-6H3/b29-7+,30-8+/t35-,36?/m1/s1. The molecule has 0 bridgehead atoms. The van der Waals surface area contributed by atoms with Crippen molar-refractivity contribution in [2.24, 2.45) is 0 Å². The smallest absolute Gasteiger partial charge is 0.334 e. The van der Waals surface area contributed by atoms with Crippen molar-refractivity contribution in [3.63, 3.8) is 0 Å². The van der Waals surface area contributed by atoms with Gasteiger partial charge in [0, 0.05) is 33.4 Å². The number of ether oxygens (including phenoxy) is 4. The molecule has 0 aliphatic carbocycles. The molecule has 6 nitrogen and oxygen atoms in total. The van der Waals surface area contributed by atoms with Crippen molar-refractivity contribution >= 4 is 11.9 Å². The molecule has 1 aliphatic rings. The molecule has 0 amide bonds. The largest absolute Gasteiger partial charge is 0.443 e. The number of esters is 2. The quantitative estimate of drug-likeness (QED) is 0.129. The predicted molar refractivity (Wildman–Crippen MR) is 182 cm³/mol. The Labute approximate surface area is 277 Å². The second kappa shape index (κ2) is 13.9. The molecule has 0 saturated carbocycles. The van der Waals surface area contributed by atoms with Crippen LogP contribution in [0.5, 0.6) is 0 Å². The van der Waals surface area contributed by atoms with Gasteiger partial charge in [-0.05, 0) is 41.5 Å². The Morgan fingerprint density at radius 3 is 1.04 bits per heavy atom. The van der Waals surface area contributed by atoms with Gasteiger partial charge in [0.1, 0.15) is 12.2 Å². The number of rotatable bonds is 10. The number of carbonyl (C=O) groups is 2. The fraction of sp³-hybridized carbons (Fsp3) is 0.268. The monoisotopic (exact) mass is 630 g/mol. The lowest BCUT2D eigenvalue weighted by Crippen LogP contribution is -2.57. The maximum absolute atomic E-state index is 14.0. The van der Waals surface area contributed by atoms with Crippen LogP contribution in [0.3, 0.4) is 0 Å². The van der Waals surface area contributed by atoms with Crippen LogP contribution < -0.4 is 0 Å². The molecule has 0 spiro atoms. The SMILES string of the molecule is C/C=C(\C)C(=O)OC(c1ccccc1)(c1ccccc1)C1OC(C)(C)O[C@H]1C(OC(=O)/C(C)=C/C)(c1ccccc1)c1ccccc1. The number of benzene rings is 4. The van der Waals surface area contributed by atoms with Gasteiger partial charge in [-0.25, -0.2) is 9.59 Å². The van der Waals surface area contributed by atoms with E-state index in [9.17, 15) is 9.59 Å². The molecule has 1 fully saturated rings. The van der Waals surface area contributed by atoms with Gasteiger partial charge in [0.25, 0.3) is 0 Å². The number of hydrogen-bond donors (Lipinski definition) is 0. The summed E-state index contributed by atoms with van der Waals surface area (Å²) in [7, 11) is 0. The highest BCUT2D eigenvalue weighted by Gasteiger charge is 2.65. The lowest BCUT2D eigenvalue weighted by atomic mass is 9.71. The number of allylic oxidation sites excluding steroid dienone is 2. The second-order valence-corrected chi connectivity index (χ2v) is 12.1. The fourth-order valence-corrected chi connectivity index (χ4v) is 6.13. The average molecular weight is 631 g/mol. The van der Waals surface area contributed by atoms with E-state index in [0.717, 1.165) is 0 Å². The minimum absolute atomic E-state index is 0.434. The summed E-state index contributed by atoms with van der Waals surface area (Å²) in [4.78, 5) is 28.0. The molecule has 2 atom stereocenters. The van der Waals surface area contributed by atoms with E-state index >= 15 is 0 Å². The Hall–Kier alpha value is -4.78. The Morgan fingerprint density at radius 1 is 0.553 bits per heavy atom. The van der Waals surface area contributed by atoms with Gasteiger partial charge in [0.15, 0.2) is 17.0 Å². The van der Waals surface area contributed by atoms with Crippen LogP contribution in [0.15, 0.2) is 145 Å². The van der Waals surface area contributed by atoms with E-state index < -0.39 is 41.1 Å². The van der Waals surface area contributed by atoms with Crippen LogP contribution in [-0.2, 0) is 39.7 Å². The fourth-order valence-electron chi connectivity index (χ4n) is 6.13. The minimum Gasteiger partial charge on any atom is -0.443 e. The Morgan fingerprint density at radius 2 is 0.809 bits per heavy atom. The van der Waals surface area contributed by atoms with Gasteiger partial charge in [-0.15, -0.1) is 0 Å². The molecule has 47 heavy (non-hydrogen) atoms. The molecular weight excluding hydrogens is 588 g/mol. The van der Waals surface area contributed by atoms with Crippen LogP contribution in [0, 0.1) is 0 Å². The van der Waals surface area contributed by atoms with Gasteiger partial charge in [0.2, 0.25) is 0 Å². The van der Waals surface area contributed by atoms with Gasteiger partial charge < -0.3 is 18.9 Å². The van der Waals surface area contributed by atoms with Gasteiger partial charge >= 0.3 is 11.9 Å². The molecule has 242 valence electrons. The summed E-state index contributed by atoms with van der Waals surface area (Å²) in [6.45, 7) is 10.7. The van der Waals surface area contributed by atoms with Crippen molar-refractivity contribution in [1.82, 2.24) is 0 Å². The second-order valence-electron chi connectivity index (χ2n) is 12.1. The summed E-state index contributed by atoms with van der Waals surface area (Å²) >= 11 is 0. The van der Waals surface area contributed by atoms with Crippen LogP contribution in [0.1, 0.15) is 63.8 Å². The van der Waals surface area contributed by atoms with Crippen LogP contribution in [0.2, 0.25) is 0 Å². The van der Waals surface area contributed by atoms with Gasteiger partial charge in [-0.2, -0.15) is 0 Å². The summed E-state index contributed by atoms with van der Waals surface area (Å²) in [6.07, 6.45) is 1.37. The first kappa shape index (κ1) is 33.6. The van der Waals surface area contributed by atoms with E-state index in [-0.39, 0.29) is 0 Å². The molecule has 6 heteroatoms. The molecule has 1 unspecified atom stereocenters. The molecular formula is C41H42O6. The summed E-state index contributed by atoms with van der Waals surface area (Å²) < 4.78 is 27.4. The maximum atomic E-state index is 14.0. The van der Waals surface area contributed by atoms with Crippen LogP contribution in [-0.4, -0.2) is 29.9 Å². The highest BCUT2D eigenvalue weighted by molar-refractivity contribution is 5.89. The van der Waals surface area contributed by atoms with E-state index in [1.165, 1.54) is 0 Å². The summed E-state index contributed by atoms with van der Waals surface area (Å²) in [5.41, 5.74) is 0.443. The molecule has 0 radical (unpaired) electrons. The van der Waals surface area contributed by atoms with E-state index in [0.29, 0.717) is 33.4 Å². The molecule has 0 aromatic heterocycles. The molecule has 0 N–H and O–H groups in total. The normalized spacial score (nSPS) is 18.4. The summed E-state index contributed by atoms with van der Waals surface area (Å²) in [5.74, 6) is -2.22. The lowest BCUT2D eigenvalue weighted by molar-refractivity contribution is -0.186. The van der Waals surface area contributed by atoms with Crippen molar-refractivity contribution in [3.8, 4) is 0 Å². The number of carbonyl (C=O) groups excluding carboxylic acids is 2. The highest BCUT2D eigenvalue weighted by atomic mass is 16.8. The Balaban J connectivity index is 1.91. The van der Waals surface area contributed by atoms with Crippen molar-refractivity contribution in [2.75, 3.05) is 0 Å². The third-order valence-electron chi connectivity index (χ3n) is 8.73. The third-order valence-corrected chi connectivity index (χ3v) is 8.73. The molecule has 4 aromatic carbocycles. The molecule has 1 aliphatic heterocycles. The Bertz CT molecular complexity index is 1520. The molecule has 5 rings (SSSR count). The van der Waals surface area contributed by atoms with Crippen LogP contribution in [0.25, 0.3) is 0 Å². The van der Waals surface area contributed by atoms with Crippen LogP contribution in [0.4, 0.5) is 0 Å². The van der Waals surface area contributed by atoms with Crippen molar-refractivity contribution in [2.45, 2.75) is 70.7 Å². The van der Waals surface area contributed by atoms with E-state index in [1.54, 1.807) is 39.8 Å². The first-order chi connectivity index (χ1) is 22.6. The minimum atomic E-state index is -1.56. The zero-order valence-electron chi connectivity index (χ0n) is 27.8. The average Bonchev–Trinajstić information content (AvgIpc) is 3.45. The maximum Gasteiger partial charge on any atom is 0.334 e. The van der Waals surface area contributed by atoms with Gasteiger partial charge in [0.05, 0.1) is 0 Å². The first-order valence-corrected chi connectivity index (χ1v) is 15.9. The van der Waals surface area contributed by atoms with Gasteiger partial charge in [-0.3, -0.25) is 0 Å². The lowest BCUT2D eigenvalue weighted by Gasteiger charge is -2.46. The zero-order chi connectivity index (χ0) is 33.7. The van der Waals surface area contributed by atoms with Crippen molar-refractivity contribution in [3.05, 3.63) is 167 Å².